The maximum Gasteiger partial charge on any atom is 0.573 e. The average molecular weight is 485 g/mol. The fourth-order valence-corrected chi connectivity index (χ4v) is 3.51. The molecule has 180 valence electrons. The zero-order valence-corrected chi connectivity index (χ0v) is 16.9. The Bertz CT molecular complexity index is 1180. The smallest absolute Gasteiger partial charge is 0.465 e. The monoisotopic (exact) mass is 485 g/mol. The second-order valence-electron chi connectivity index (χ2n) is 7.22. The van der Waals surface area contributed by atoms with E-state index in [-0.39, 0.29) is 19.5 Å². The van der Waals surface area contributed by atoms with Gasteiger partial charge in [0.15, 0.2) is 0 Å². The molecule has 34 heavy (non-hydrogen) atoms. The van der Waals surface area contributed by atoms with E-state index < -0.39 is 59.4 Å². The third-order valence-electron chi connectivity index (χ3n) is 4.89. The van der Waals surface area contributed by atoms with Gasteiger partial charge >= 0.3 is 24.3 Å². The topological polar surface area (TPSA) is 148 Å². The van der Waals surface area contributed by atoms with Crippen LogP contribution in [0.4, 0.5) is 22.4 Å². The highest BCUT2D eigenvalue weighted by molar-refractivity contribution is 5.90. The molecule has 0 bridgehead atoms. The number of alkyl halides is 3. The summed E-state index contributed by atoms with van der Waals surface area (Å²) in [5, 5.41) is 26.5. The number of nitrogens with zero attached hydrogens (tertiary/aromatic N) is 6. The number of hydrogen-bond acceptors (Lipinski definition) is 8. The first kappa shape index (κ1) is 22.9. The van der Waals surface area contributed by atoms with Gasteiger partial charge in [-0.1, -0.05) is 5.21 Å². The largest absolute Gasteiger partial charge is 0.573 e. The van der Waals surface area contributed by atoms with Crippen LogP contribution in [0.5, 0.6) is 5.75 Å². The summed E-state index contributed by atoms with van der Waals surface area (Å²) in [5.41, 5.74) is -0.501. The van der Waals surface area contributed by atoms with E-state index in [1.54, 1.807) is 6.20 Å². The number of nitrogens with one attached hydrogen (secondary N) is 1. The lowest BCUT2D eigenvalue weighted by Gasteiger charge is -2.20. The van der Waals surface area contributed by atoms with E-state index >= 15 is 0 Å². The molecule has 2 aromatic heterocycles. The third kappa shape index (κ3) is 5.21. The predicted octanol–water partition coefficient (Wildman–Crippen LogP) is 1.92. The van der Waals surface area contributed by atoms with E-state index in [4.69, 9.17) is 4.42 Å². The third-order valence-corrected chi connectivity index (χ3v) is 4.89. The van der Waals surface area contributed by atoms with Crippen LogP contribution in [0.25, 0.3) is 11.5 Å². The summed E-state index contributed by atoms with van der Waals surface area (Å²) < 4.78 is 61.7. The van der Waals surface area contributed by atoms with Crippen LogP contribution in [0.1, 0.15) is 17.1 Å². The molecule has 1 aromatic carbocycles. The minimum absolute atomic E-state index is 0.0209. The molecule has 0 spiro atoms. The van der Waals surface area contributed by atoms with Crippen LogP contribution >= 0.6 is 0 Å². The van der Waals surface area contributed by atoms with Crippen molar-refractivity contribution in [2.24, 2.45) is 0 Å². The summed E-state index contributed by atoms with van der Waals surface area (Å²) >= 11 is 0. The second-order valence-corrected chi connectivity index (χ2v) is 7.22. The lowest BCUT2D eigenvalue weighted by atomic mass is 10.1. The number of likely N-dealkylation sites (tertiary alicyclic amines) is 1. The van der Waals surface area contributed by atoms with Gasteiger partial charge in [0.2, 0.25) is 0 Å². The Morgan fingerprint density at radius 2 is 2.09 bits per heavy atom. The highest BCUT2D eigenvalue weighted by Gasteiger charge is 2.37. The molecule has 2 atom stereocenters. The molecule has 16 heteroatoms. The van der Waals surface area contributed by atoms with Crippen molar-refractivity contribution in [1.82, 2.24) is 35.4 Å². The van der Waals surface area contributed by atoms with E-state index in [0.29, 0.717) is 12.1 Å². The average Bonchev–Trinajstić information content (AvgIpc) is 3.50. The van der Waals surface area contributed by atoms with Gasteiger partial charge in [0.1, 0.15) is 11.6 Å². The summed E-state index contributed by atoms with van der Waals surface area (Å²) in [5.74, 6) is -3.69. The maximum atomic E-state index is 14.1. The molecule has 12 nitrogen and oxygen atoms in total. The van der Waals surface area contributed by atoms with Crippen molar-refractivity contribution in [2.75, 3.05) is 6.54 Å². The van der Waals surface area contributed by atoms with Crippen molar-refractivity contribution in [1.29, 1.82) is 0 Å². The normalized spacial score (nSPS) is 18.2. The number of amides is 2. The van der Waals surface area contributed by atoms with E-state index in [9.17, 15) is 32.3 Å². The summed E-state index contributed by atoms with van der Waals surface area (Å²) in [7, 11) is 0. The number of ether oxygens (including phenoxy) is 1. The Hall–Kier alpha value is -4.24. The molecule has 0 saturated carbocycles. The lowest BCUT2D eigenvalue weighted by molar-refractivity contribution is -0.274. The first-order valence-corrected chi connectivity index (χ1v) is 9.63. The van der Waals surface area contributed by atoms with Crippen LogP contribution in [0.2, 0.25) is 0 Å². The lowest BCUT2D eigenvalue weighted by Crippen LogP contribution is -2.39. The molecule has 2 amide bonds. The Labute approximate surface area is 187 Å². The van der Waals surface area contributed by atoms with Crippen molar-refractivity contribution in [3.05, 3.63) is 42.3 Å². The quantitative estimate of drug-likeness (QED) is 0.500. The van der Waals surface area contributed by atoms with Crippen LogP contribution in [-0.4, -0.2) is 72.2 Å². The van der Waals surface area contributed by atoms with Crippen LogP contribution < -0.4 is 10.1 Å². The first-order chi connectivity index (χ1) is 16.1. The number of halogens is 4. The number of rotatable bonds is 6. The fourth-order valence-electron chi connectivity index (χ4n) is 3.51. The zero-order chi connectivity index (χ0) is 24.5. The van der Waals surface area contributed by atoms with Crippen LogP contribution in [0, 0.1) is 5.82 Å². The number of hydrogen-bond donors (Lipinski definition) is 2. The number of carbonyl (C=O) groups excluding carboxylic acids is 1. The Kier molecular flexibility index (Phi) is 6.04. The van der Waals surface area contributed by atoms with Gasteiger partial charge in [0.25, 0.3) is 5.89 Å². The fraction of sp³-hybridized carbons (Fsp3) is 0.333. The molecule has 4 rings (SSSR count). The number of aromatic nitrogens is 5. The number of carboxylic acid groups (broad SMARTS) is 1. The zero-order valence-electron chi connectivity index (χ0n) is 16.9. The molecule has 0 radical (unpaired) electrons. The molecular weight excluding hydrogens is 470 g/mol. The molecule has 3 aromatic rings. The van der Waals surface area contributed by atoms with Gasteiger partial charge in [-0.2, -0.15) is 0 Å². The van der Waals surface area contributed by atoms with Gasteiger partial charge in [0.05, 0.1) is 24.3 Å². The van der Waals surface area contributed by atoms with Crippen molar-refractivity contribution in [2.45, 2.75) is 31.4 Å². The van der Waals surface area contributed by atoms with E-state index in [2.05, 4.69) is 30.6 Å². The van der Waals surface area contributed by atoms with Crippen molar-refractivity contribution < 1.29 is 41.4 Å². The Morgan fingerprint density at radius 1 is 1.29 bits per heavy atom. The van der Waals surface area contributed by atoms with Gasteiger partial charge in [-0.05, 0) is 24.6 Å². The van der Waals surface area contributed by atoms with Gasteiger partial charge in [-0.3, -0.25) is 9.48 Å². The van der Waals surface area contributed by atoms with E-state index in [1.165, 1.54) is 10.9 Å². The van der Waals surface area contributed by atoms with Gasteiger partial charge in [-0.15, -0.1) is 28.5 Å². The molecule has 0 unspecified atom stereocenters. The number of benzene rings is 1. The van der Waals surface area contributed by atoms with Crippen LogP contribution in [-0.2, 0) is 6.54 Å². The minimum atomic E-state index is -4.99. The molecule has 1 saturated heterocycles. The highest BCUT2D eigenvalue weighted by Crippen LogP contribution is 2.29. The molecule has 3 heterocycles. The molecular formula is C18H15F4N7O5. The van der Waals surface area contributed by atoms with Crippen LogP contribution in [0.3, 0.4) is 0 Å². The number of carbonyl (C=O) groups is 2. The summed E-state index contributed by atoms with van der Waals surface area (Å²) in [4.78, 5) is 25.2. The highest BCUT2D eigenvalue weighted by atomic mass is 19.4. The molecule has 1 aliphatic heterocycles. The molecule has 1 aliphatic rings. The maximum absolute atomic E-state index is 14.1. The van der Waals surface area contributed by atoms with Crippen molar-refractivity contribution in [3.8, 4) is 17.2 Å². The van der Waals surface area contributed by atoms with Gasteiger partial charge in [0, 0.05) is 18.8 Å². The van der Waals surface area contributed by atoms with Gasteiger partial charge in [-0.25, -0.2) is 9.18 Å². The SMILES string of the molecule is O=C(N[C@@H]1C[C@@H](Cn2ccnn2)N(C(=O)O)C1)c1nnc(-c2cc(OC(F)(F)F)ccc2F)o1. The minimum Gasteiger partial charge on any atom is -0.465 e. The molecule has 0 aliphatic carbocycles. The second kappa shape index (κ2) is 8.95. The van der Waals surface area contributed by atoms with Crippen LogP contribution in [0.15, 0.2) is 35.0 Å². The first-order valence-electron chi connectivity index (χ1n) is 9.63. The Balaban J connectivity index is 1.45. The summed E-state index contributed by atoms with van der Waals surface area (Å²) in [6, 6.07) is 1.09. The van der Waals surface area contributed by atoms with E-state index in [1.807, 2.05) is 0 Å². The Morgan fingerprint density at radius 3 is 2.76 bits per heavy atom. The van der Waals surface area contributed by atoms with Gasteiger partial charge < -0.3 is 24.5 Å². The molecule has 2 N–H and O–H groups in total. The standard InChI is InChI=1S/C18H15F4N7O5/c19-13-2-1-11(34-18(20,21)22)6-12(13)15-25-26-16(33-15)14(30)24-9-5-10(29(7-9)17(31)32)8-28-4-3-23-27-28/h1-4,6,9-10H,5,7-8H2,(H,24,30)(H,31,32)/t9-,10+/m1/s1. The van der Waals surface area contributed by atoms with Crippen molar-refractivity contribution in [3.63, 3.8) is 0 Å². The molecule has 1 fully saturated rings. The summed E-state index contributed by atoms with van der Waals surface area (Å²) in [6.07, 6.45) is -2.91. The summed E-state index contributed by atoms with van der Waals surface area (Å²) in [6.45, 7) is 0.200. The predicted molar refractivity (Wildman–Crippen MR) is 101 cm³/mol. The van der Waals surface area contributed by atoms with Crippen molar-refractivity contribution >= 4 is 12.0 Å². The van der Waals surface area contributed by atoms with E-state index in [0.717, 1.165) is 11.0 Å².